The molecule has 0 aromatic carbocycles. The molecule has 13 heteroatoms. The molecule has 0 bridgehead atoms. The van der Waals surface area contributed by atoms with Gasteiger partial charge in [-0.05, 0) is 79.4 Å². The highest BCUT2D eigenvalue weighted by molar-refractivity contribution is 14.1. The number of hydrogen-bond donors (Lipinski definition) is 1. The van der Waals surface area contributed by atoms with Crippen molar-refractivity contribution in [1.29, 1.82) is 0 Å². The van der Waals surface area contributed by atoms with Crippen LogP contribution in [0.15, 0.2) is 33.7 Å². The summed E-state index contributed by atoms with van der Waals surface area (Å²) in [5.74, 6) is 0. The van der Waals surface area contributed by atoms with E-state index < -0.39 is 6.10 Å². The molecule has 1 atom stereocenters. The lowest BCUT2D eigenvalue weighted by atomic mass is 10.1. The van der Waals surface area contributed by atoms with E-state index in [1.807, 2.05) is 47.3 Å². The second-order valence-electron chi connectivity index (χ2n) is 7.59. The third kappa shape index (κ3) is 8.08. The van der Waals surface area contributed by atoms with Gasteiger partial charge < -0.3 is 5.11 Å². The highest BCUT2D eigenvalue weighted by atomic mass is 127. The summed E-state index contributed by atoms with van der Waals surface area (Å²) in [6.07, 6.45) is 5.58. The van der Waals surface area contributed by atoms with Crippen LogP contribution in [0.25, 0.3) is 0 Å². The van der Waals surface area contributed by atoms with Gasteiger partial charge in [-0.25, -0.2) is 0 Å². The molecular weight excluding hydrogens is 695 g/mol. The molecule has 0 amide bonds. The van der Waals surface area contributed by atoms with E-state index in [0.29, 0.717) is 10.3 Å². The van der Waals surface area contributed by atoms with Gasteiger partial charge >= 0.3 is 0 Å². The second-order valence-corrected chi connectivity index (χ2v) is 10.3. The first-order valence-electron chi connectivity index (χ1n) is 10.7. The summed E-state index contributed by atoms with van der Waals surface area (Å²) in [5.41, 5.74) is 4.09. The molecule has 190 valence electrons. The number of aromatic nitrogens is 8. The molecular formula is C22H29Br2IN8O2. The third-order valence-corrected chi connectivity index (χ3v) is 7.64. The van der Waals surface area contributed by atoms with Gasteiger partial charge in [0.15, 0.2) is 6.29 Å². The minimum Gasteiger partial charge on any atom is -0.382 e. The Kier molecular flexibility index (Phi) is 11.3. The van der Waals surface area contributed by atoms with Crippen LogP contribution in [0.2, 0.25) is 0 Å². The lowest BCUT2D eigenvalue weighted by molar-refractivity contribution is 0.111. The number of carbonyl (C=O) groups excluding carboxylic acids is 1. The summed E-state index contributed by atoms with van der Waals surface area (Å²) in [4.78, 5) is 10.3. The quantitative estimate of drug-likeness (QED) is 0.245. The zero-order chi connectivity index (χ0) is 26.3. The van der Waals surface area contributed by atoms with Gasteiger partial charge in [0.2, 0.25) is 0 Å². The Balaban J connectivity index is 0.000000204. The summed E-state index contributed by atoms with van der Waals surface area (Å²) in [6, 6.07) is 3.72. The SMILES string of the molecule is CCc1cc(C(O)c2cn(C)nc2Br)n(C)n1.CCc1cc(C=O)n(C)n1.Cn1cc(I)c(Br)n1. The summed E-state index contributed by atoms with van der Waals surface area (Å²) < 4.78 is 9.46. The van der Waals surface area contributed by atoms with Crippen LogP contribution in [0.3, 0.4) is 0 Å². The van der Waals surface area contributed by atoms with Crippen molar-refractivity contribution in [1.82, 2.24) is 39.1 Å². The molecule has 10 nitrogen and oxygen atoms in total. The van der Waals surface area contributed by atoms with Gasteiger partial charge in [0, 0.05) is 46.1 Å². The monoisotopic (exact) mass is 722 g/mol. The Hall–Kier alpha value is -1.84. The molecule has 4 aromatic rings. The molecule has 0 saturated carbocycles. The third-order valence-electron chi connectivity index (χ3n) is 4.91. The van der Waals surface area contributed by atoms with E-state index in [2.05, 4.69) is 74.8 Å². The van der Waals surface area contributed by atoms with Crippen LogP contribution in [-0.2, 0) is 41.0 Å². The fourth-order valence-electron chi connectivity index (χ4n) is 3.05. The van der Waals surface area contributed by atoms with E-state index in [4.69, 9.17) is 0 Å². The van der Waals surface area contributed by atoms with E-state index in [1.54, 1.807) is 38.0 Å². The predicted molar refractivity (Wildman–Crippen MR) is 149 cm³/mol. The van der Waals surface area contributed by atoms with Crippen molar-refractivity contribution in [2.45, 2.75) is 32.8 Å². The second kappa shape index (κ2) is 13.5. The molecule has 4 rings (SSSR count). The number of carbonyl (C=O) groups is 1. The van der Waals surface area contributed by atoms with Gasteiger partial charge in [0.25, 0.3) is 0 Å². The molecule has 35 heavy (non-hydrogen) atoms. The standard InChI is InChI=1S/C11H15BrN4O.C7H10N2O.C4H4BrIN2/c1-4-7-5-9(16(3)13-7)10(17)8-6-15(2)14-11(8)12;1-3-6-4-7(5-10)9(2)8-6;1-8-2-3(6)4(5)7-8/h5-6,10,17H,4H2,1-3H3;4-5H,3H2,1-2H3;2H,1H3. The smallest absolute Gasteiger partial charge is 0.168 e. The Labute approximate surface area is 235 Å². The van der Waals surface area contributed by atoms with Crippen molar-refractivity contribution in [3.05, 3.63) is 65.6 Å². The van der Waals surface area contributed by atoms with Crippen molar-refractivity contribution < 1.29 is 9.90 Å². The largest absolute Gasteiger partial charge is 0.382 e. The Morgan fingerprint density at radius 1 is 0.914 bits per heavy atom. The molecule has 0 radical (unpaired) electrons. The zero-order valence-electron chi connectivity index (χ0n) is 20.4. The summed E-state index contributed by atoms with van der Waals surface area (Å²) in [6.45, 7) is 4.05. The minimum absolute atomic E-state index is 0.636. The molecule has 0 fully saturated rings. The van der Waals surface area contributed by atoms with E-state index in [9.17, 15) is 9.90 Å². The normalized spacial score (nSPS) is 11.4. The van der Waals surface area contributed by atoms with Crippen molar-refractivity contribution >= 4 is 60.7 Å². The number of rotatable bonds is 5. The van der Waals surface area contributed by atoms with Gasteiger partial charge in [0.05, 0.1) is 20.7 Å². The van der Waals surface area contributed by atoms with Crippen LogP contribution < -0.4 is 0 Å². The number of nitrogens with zero attached hydrogens (tertiary/aromatic N) is 8. The first kappa shape index (κ1) is 29.4. The Morgan fingerprint density at radius 2 is 1.46 bits per heavy atom. The van der Waals surface area contributed by atoms with Crippen molar-refractivity contribution in [2.24, 2.45) is 28.2 Å². The number of aliphatic hydroxyl groups excluding tert-OH is 1. The highest BCUT2D eigenvalue weighted by Gasteiger charge is 2.20. The van der Waals surface area contributed by atoms with E-state index in [1.165, 1.54) is 0 Å². The van der Waals surface area contributed by atoms with E-state index >= 15 is 0 Å². The Bertz CT molecular complexity index is 1240. The van der Waals surface area contributed by atoms with Gasteiger partial charge in [-0.1, -0.05) is 13.8 Å². The summed E-state index contributed by atoms with van der Waals surface area (Å²) >= 11 is 8.83. The Morgan fingerprint density at radius 3 is 1.80 bits per heavy atom. The number of aryl methyl sites for hydroxylation is 6. The van der Waals surface area contributed by atoms with Crippen LogP contribution in [0.5, 0.6) is 0 Å². The van der Waals surface area contributed by atoms with Gasteiger partial charge in [0.1, 0.15) is 21.0 Å². The number of aldehydes is 1. The number of halogens is 3. The molecule has 0 aliphatic carbocycles. The van der Waals surface area contributed by atoms with Crippen LogP contribution in [0.4, 0.5) is 0 Å². The van der Waals surface area contributed by atoms with E-state index in [0.717, 1.165) is 49.9 Å². The van der Waals surface area contributed by atoms with Crippen molar-refractivity contribution in [3.8, 4) is 0 Å². The van der Waals surface area contributed by atoms with Gasteiger partial charge in [-0.15, -0.1) is 0 Å². The van der Waals surface area contributed by atoms with Crippen LogP contribution >= 0.6 is 54.5 Å². The van der Waals surface area contributed by atoms with Gasteiger partial charge in [-0.3, -0.25) is 23.5 Å². The fourth-order valence-corrected chi connectivity index (χ4v) is 4.49. The zero-order valence-corrected chi connectivity index (χ0v) is 25.8. The van der Waals surface area contributed by atoms with E-state index in [-0.39, 0.29) is 0 Å². The van der Waals surface area contributed by atoms with Crippen molar-refractivity contribution in [2.75, 3.05) is 0 Å². The summed E-state index contributed by atoms with van der Waals surface area (Å²) in [7, 11) is 7.32. The molecule has 4 heterocycles. The molecule has 0 aliphatic rings. The predicted octanol–water partition coefficient (Wildman–Crippen LogP) is 4.14. The lowest BCUT2D eigenvalue weighted by Crippen LogP contribution is -2.06. The molecule has 1 unspecified atom stereocenters. The highest BCUT2D eigenvalue weighted by Crippen LogP contribution is 2.27. The molecule has 0 saturated heterocycles. The average Bonchev–Trinajstić information content (AvgIpc) is 3.54. The molecule has 0 aliphatic heterocycles. The van der Waals surface area contributed by atoms with Crippen molar-refractivity contribution in [3.63, 3.8) is 0 Å². The maximum absolute atomic E-state index is 10.3. The molecule has 1 N–H and O–H groups in total. The first-order valence-corrected chi connectivity index (χ1v) is 13.4. The number of aliphatic hydroxyl groups is 1. The average molecular weight is 724 g/mol. The number of hydrogen-bond acceptors (Lipinski definition) is 6. The fraction of sp³-hybridized carbons (Fsp3) is 0.409. The van der Waals surface area contributed by atoms with Crippen LogP contribution in [0, 0.1) is 3.57 Å². The van der Waals surface area contributed by atoms with Crippen LogP contribution in [-0.4, -0.2) is 50.5 Å². The maximum atomic E-state index is 10.3. The first-order chi connectivity index (χ1) is 16.5. The topological polar surface area (TPSA) is 109 Å². The molecule has 4 aromatic heterocycles. The van der Waals surface area contributed by atoms with Crippen LogP contribution in [0.1, 0.15) is 53.1 Å². The molecule has 0 spiro atoms. The summed E-state index contributed by atoms with van der Waals surface area (Å²) in [5, 5.41) is 26.9. The van der Waals surface area contributed by atoms with Gasteiger partial charge in [-0.2, -0.15) is 20.4 Å². The lowest BCUT2D eigenvalue weighted by Gasteiger charge is -2.08. The minimum atomic E-state index is -0.712. The maximum Gasteiger partial charge on any atom is 0.168 e.